The van der Waals surface area contributed by atoms with Crippen molar-refractivity contribution < 1.29 is 0 Å². The molecule has 0 saturated heterocycles. The molecule has 8 aromatic rings. The van der Waals surface area contributed by atoms with E-state index in [4.69, 9.17) is 0 Å². The van der Waals surface area contributed by atoms with Crippen LogP contribution < -0.4 is 9.80 Å². The summed E-state index contributed by atoms with van der Waals surface area (Å²) < 4.78 is 0. The number of para-hydroxylation sites is 1. The lowest BCUT2D eigenvalue weighted by molar-refractivity contribution is 0.660. The first kappa shape index (κ1) is 34.6. The lowest BCUT2D eigenvalue weighted by Crippen LogP contribution is -2.17. The van der Waals surface area contributed by atoms with Crippen molar-refractivity contribution in [3.05, 3.63) is 223 Å². The summed E-state index contributed by atoms with van der Waals surface area (Å²) in [6.45, 7) is 4.72. The summed E-state index contributed by atoms with van der Waals surface area (Å²) in [5.74, 6) is 0. The average molecular weight is 733 g/mol. The first-order chi connectivity index (χ1) is 28.0. The van der Waals surface area contributed by atoms with E-state index in [1.807, 2.05) is 0 Å². The van der Waals surface area contributed by atoms with Gasteiger partial charge in [-0.25, -0.2) is 0 Å². The first-order valence-electron chi connectivity index (χ1n) is 20.1. The molecule has 2 heteroatoms. The molecule has 0 atom stereocenters. The molecule has 274 valence electrons. The summed E-state index contributed by atoms with van der Waals surface area (Å²) in [5, 5.41) is 2.43. The van der Waals surface area contributed by atoms with Crippen LogP contribution in [-0.4, -0.2) is 0 Å². The highest BCUT2D eigenvalue weighted by Gasteiger charge is 2.36. The van der Waals surface area contributed by atoms with Gasteiger partial charge in [0.2, 0.25) is 0 Å². The van der Waals surface area contributed by atoms with Crippen LogP contribution in [0.25, 0.3) is 44.2 Å². The highest BCUT2D eigenvalue weighted by molar-refractivity contribution is 6.06. The summed E-state index contributed by atoms with van der Waals surface area (Å²) >= 11 is 0. The van der Waals surface area contributed by atoms with Crippen LogP contribution in [0.2, 0.25) is 0 Å². The maximum atomic E-state index is 2.46. The summed E-state index contributed by atoms with van der Waals surface area (Å²) in [4.78, 5) is 4.86. The van der Waals surface area contributed by atoms with Crippen LogP contribution in [0.5, 0.6) is 0 Å². The highest BCUT2D eigenvalue weighted by Crippen LogP contribution is 2.51. The van der Waals surface area contributed by atoms with Crippen molar-refractivity contribution in [2.45, 2.75) is 32.1 Å². The predicted molar refractivity (Wildman–Crippen MR) is 242 cm³/mol. The van der Waals surface area contributed by atoms with Crippen molar-refractivity contribution in [2.75, 3.05) is 9.80 Å². The van der Waals surface area contributed by atoms with Gasteiger partial charge >= 0.3 is 0 Å². The van der Waals surface area contributed by atoms with Crippen LogP contribution in [-0.2, 0) is 5.41 Å². The van der Waals surface area contributed by atoms with E-state index in [0.717, 1.165) is 29.9 Å². The van der Waals surface area contributed by atoms with E-state index in [1.54, 1.807) is 0 Å². The topological polar surface area (TPSA) is 6.48 Å². The van der Waals surface area contributed by atoms with Gasteiger partial charge in [-0.05, 0) is 123 Å². The Bertz CT molecular complexity index is 2810. The molecule has 0 fully saturated rings. The van der Waals surface area contributed by atoms with E-state index in [9.17, 15) is 0 Å². The Kier molecular flexibility index (Phi) is 8.68. The number of anilines is 5. The minimum atomic E-state index is -0.113. The molecule has 0 N–H and O–H groups in total. The van der Waals surface area contributed by atoms with Crippen molar-refractivity contribution in [2.24, 2.45) is 0 Å². The molecule has 0 bridgehead atoms. The van der Waals surface area contributed by atoms with Gasteiger partial charge in [-0.3, -0.25) is 0 Å². The van der Waals surface area contributed by atoms with E-state index >= 15 is 0 Å². The molecule has 0 saturated carbocycles. The number of rotatable bonds is 8. The first-order valence-corrected chi connectivity index (χ1v) is 20.1. The van der Waals surface area contributed by atoms with Crippen molar-refractivity contribution in [1.82, 2.24) is 0 Å². The number of hydrogen-bond acceptors (Lipinski definition) is 2. The van der Waals surface area contributed by atoms with E-state index in [0.29, 0.717) is 0 Å². The Balaban J connectivity index is 1.11. The quantitative estimate of drug-likeness (QED) is 0.153. The standard InChI is InChI=1S/C55H44N2/c1-55(2)52-28-15-14-26-49(52)50-34-33-46(38-53(50)55)57(45-24-16-19-41(37-45)39-17-6-3-7-18-39)54-36-35-47(48-25-12-13-27-51(48)54)40-29-31-44(32-30-40)56(42-20-8-4-9-21-42)43-22-10-5-11-23-43/h3-10,12-22,24-38H,11,23H2,1-2H3. The van der Waals surface area contributed by atoms with Gasteiger partial charge in [-0.2, -0.15) is 0 Å². The molecule has 10 rings (SSSR count). The zero-order chi connectivity index (χ0) is 38.3. The van der Waals surface area contributed by atoms with Crippen molar-refractivity contribution >= 4 is 39.2 Å². The molecule has 0 spiro atoms. The largest absolute Gasteiger partial charge is 0.314 e. The van der Waals surface area contributed by atoms with Gasteiger partial charge in [-0.15, -0.1) is 0 Å². The second-order valence-corrected chi connectivity index (χ2v) is 15.7. The highest BCUT2D eigenvalue weighted by atomic mass is 15.2. The molecule has 0 heterocycles. The van der Waals surface area contributed by atoms with E-state index < -0.39 is 0 Å². The molecular formula is C55H44N2. The van der Waals surface area contributed by atoms with Crippen LogP contribution in [0.15, 0.2) is 212 Å². The molecule has 2 aliphatic carbocycles. The number of allylic oxidation sites excluding steroid dienone is 4. The lowest BCUT2D eigenvalue weighted by Gasteiger charge is -2.30. The summed E-state index contributed by atoms with van der Waals surface area (Å²) in [6.07, 6.45) is 8.74. The Morgan fingerprint density at radius 3 is 1.82 bits per heavy atom. The zero-order valence-corrected chi connectivity index (χ0v) is 32.4. The minimum Gasteiger partial charge on any atom is -0.314 e. The van der Waals surface area contributed by atoms with Crippen molar-refractivity contribution in [3.63, 3.8) is 0 Å². The van der Waals surface area contributed by atoms with Crippen molar-refractivity contribution in [1.29, 1.82) is 0 Å². The van der Waals surface area contributed by atoms with Gasteiger partial charge < -0.3 is 9.80 Å². The lowest BCUT2D eigenvalue weighted by atomic mass is 9.82. The summed E-state index contributed by atoms with van der Waals surface area (Å²) in [5.41, 5.74) is 17.2. The minimum absolute atomic E-state index is 0.113. The molecule has 57 heavy (non-hydrogen) atoms. The van der Waals surface area contributed by atoms with Gasteiger partial charge in [0.25, 0.3) is 0 Å². The fourth-order valence-corrected chi connectivity index (χ4v) is 9.07. The van der Waals surface area contributed by atoms with Gasteiger partial charge in [0, 0.05) is 39.2 Å². The van der Waals surface area contributed by atoms with Crippen LogP contribution in [0.3, 0.4) is 0 Å². The van der Waals surface area contributed by atoms with E-state index in [-0.39, 0.29) is 5.41 Å². The van der Waals surface area contributed by atoms with Gasteiger partial charge in [0.1, 0.15) is 0 Å². The Morgan fingerprint density at radius 1 is 0.421 bits per heavy atom. The van der Waals surface area contributed by atoms with Crippen LogP contribution in [0.1, 0.15) is 37.8 Å². The number of benzene rings is 8. The normalized spacial score (nSPS) is 13.8. The fraction of sp³-hybridized carbons (Fsp3) is 0.0909. The molecule has 2 nitrogen and oxygen atoms in total. The summed E-state index contributed by atoms with van der Waals surface area (Å²) in [7, 11) is 0. The van der Waals surface area contributed by atoms with Gasteiger partial charge in [-0.1, -0.05) is 159 Å². The molecule has 0 unspecified atom stereocenters. The maximum absolute atomic E-state index is 2.46. The number of hydrogen-bond donors (Lipinski definition) is 0. The SMILES string of the molecule is CC1(C)c2ccccc2-c2ccc(N(c3cccc(-c4ccccc4)c3)c3ccc(-c4ccc(N(C5=CC=CCC5)c5ccccc5)cc4)c4ccccc34)cc21. The Labute approximate surface area is 336 Å². The molecule has 2 aliphatic rings. The smallest absolute Gasteiger partial charge is 0.0540 e. The van der Waals surface area contributed by atoms with Crippen LogP contribution in [0.4, 0.5) is 28.4 Å². The molecule has 0 aromatic heterocycles. The molecule has 0 aliphatic heterocycles. The Morgan fingerprint density at radius 2 is 1.04 bits per heavy atom. The third-order valence-corrected chi connectivity index (χ3v) is 11.9. The average Bonchev–Trinajstić information content (AvgIpc) is 3.50. The molecule has 8 aromatic carbocycles. The maximum Gasteiger partial charge on any atom is 0.0540 e. The third kappa shape index (κ3) is 6.15. The zero-order valence-electron chi connectivity index (χ0n) is 32.4. The second kappa shape index (κ2) is 14.3. The fourth-order valence-electron chi connectivity index (χ4n) is 9.07. The molecule has 0 amide bonds. The van der Waals surface area contributed by atoms with E-state index in [2.05, 4.69) is 230 Å². The Hall–Kier alpha value is -6.90. The number of nitrogens with zero attached hydrogens (tertiary/aromatic N) is 2. The molecule has 0 radical (unpaired) electrons. The predicted octanol–water partition coefficient (Wildman–Crippen LogP) is 15.3. The monoisotopic (exact) mass is 732 g/mol. The van der Waals surface area contributed by atoms with Crippen LogP contribution >= 0.6 is 0 Å². The number of fused-ring (bicyclic) bond motifs is 4. The summed E-state index contributed by atoms with van der Waals surface area (Å²) in [6, 6.07) is 69.0. The van der Waals surface area contributed by atoms with Gasteiger partial charge in [0.15, 0.2) is 0 Å². The third-order valence-electron chi connectivity index (χ3n) is 11.9. The second-order valence-electron chi connectivity index (χ2n) is 15.7. The molecular weight excluding hydrogens is 689 g/mol. The van der Waals surface area contributed by atoms with Crippen LogP contribution in [0, 0.1) is 0 Å². The van der Waals surface area contributed by atoms with Crippen molar-refractivity contribution in [3.8, 4) is 33.4 Å². The van der Waals surface area contributed by atoms with Gasteiger partial charge in [0.05, 0.1) is 5.69 Å². The van der Waals surface area contributed by atoms with E-state index in [1.165, 1.54) is 72.4 Å².